The third kappa shape index (κ3) is 1.72. The second-order valence-corrected chi connectivity index (χ2v) is 4.49. The van der Waals surface area contributed by atoms with E-state index in [1.807, 2.05) is 24.4 Å². The van der Waals surface area contributed by atoms with Crippen LogP contribution in [0.4, 0.5) is 0 Å². The van der Waals surface area contributed by atoms with Gasteiger partial charge in [0.15, 0.2) is 0 Å². The van der Waals surface area contributed by atoms with E-state index >= 15 is 0 Å². The Morgan fingerprint density at radius 2 is 1.94 bits per heavy atom. The predicted octanol–water partition coefficient (Wildman–Crippen LogP) is 3.40. The fourth-order valence-electron chi connectivity index (χ4n) is 2.37. The van der Waals surface area contributed by atoms with Crippen LogP contribution in [0.2, 0.25) is 0 Å². The van der Waals surface area contributed by atoms with Crippen LogP contribution in [-0.4, -0.2) is 4.98 Å². The van der Waals surface area contributed by atoms with Crippen molar-refractivity contribution in [3.63, 3.8) is 0 Å². The van der Waals surface area contributed by atoms with Gasteiger partial charge < -0.3 is 5.73 Å². The molecule has 0 aliphatic carbocycles. The van der Waals surface area contributed by atoms with E-state index < -0.39 is 0 Å². The van der Waals surface area contributed by atoms with Crippen molar-refractivity contribution in [2.75, 3.05) is 0 Å². The molecule has 3 aromatic rings. The molecule has 1 heterocycles. The lowest BCUT2D eigenvalue weighted by molar-refractivity contribution is 1.14. The molecule has 2 aromatic carbocycles. The summed E-state index contributed by atoms with van der Waals surface area (Å²) in [6.45, 7) is 3.79. The van der Waals surface area contributed by atoms with Crippen molar-refractivity contribution in [2.45, 2.75) is 6.42 Å². The van der Waals surface area contributed by atoms with Gasteiger partial charge in [-0.1, -0.05) is 43.0 Å². The molecule has 0 unspecified atom stereocenters. The Kier molecular flexibility index (Phi) is 2.49. The summed E-state index contributed by atoms with van der Waals surface area (Å²) in [5, 5.41) is 3.56. The molecule has 0 spiro atoms. The number of allylic oxidation sites excluding steroid dienone is 1. The minimum Gasteiger partial charge on any atom is -0.402 e. The Bertz CT molecular complexity index is 744. The molecule has 0 aliphatic heterocycles. The summed E-state index contributed by atoms with van der Waals surface area (Å²) in [4.78, 5) is 4.51. The standard InChI is InChI=1S/C16H14N2/c1-11(17)9-12-6-4-8-15-16(12)14-7-3-2-5-13(14)10-18-15/h2-8,10H,1,9,17H2. The Morgan fingerprint density at radius 3 is 2.78 bits per heavy atom. The second-order valence-electron chi connectivity index (χ2n) is 4.49. The Labute approximate surface area is 106 Å². The van der Waals surface area contributed by atoms with Crippen molar-refractivity contribution < 1.29 is 0 Å². The average Bonchev–Trinajstić information content (AvgIpc) is 2.38. The van der Waals surface area contributed by atoms with Crippen LogP contribution < -0.4 is 5.73 Å². The summed E-state index contributed by atoms with van der Waals surface area (Å²) in [6.07, 6.45) is 2.60. The van der Waals surface area contributed by atoms with Crippen molar-refractivity contribution in [1.82, 2.24) is 4.98 Å². The molecule has 2 N–H and O–H groups in total. The summed E-state index contributed by atoms with van der Waals surface area (Å²) in [5.74, 6) is 0. The normalized spacial score (nSPS) is 10.9. The Morgan fingerprint density at radius 1 is 1.11 bits per heavy atom. The van der Waals surface area contributed by atoms with Gasteiger partial charge in [-0.3, -0.25) is 4.98 Å². The minimum absolute atomic E-state index is 0.676. The topological polar surface area (TPSA) is 38.9 Å². The summed E-state index contributed by atoms with van der Waals surface area (Å²) in [5.41, 5.74) is 8.61. The van der Waals surface area contributed by atoms with E-state index in [0.717, 1.165) is 10.9 Å². The molecule has 88 valence electrons. The number of nitrogens with zero attached hydrogens (tertiary/aromatic N) is 1. The van der Waals surface area contributed by atoms with Crippen LogP contribution in [0, 0.1) is 0 Å². The lowest BCUT2D eigenvalue weighted by Gasteiger charge is -2.09. The van der Waals surface area contributed by atoms with Gasteiger partial charge in [0, 0.05) is 29.1 Å². The van der Waals surface area contributed by atoms with Crippen molar-refractivity contribution in [2.24, 2.45) is 5.73 Å². The predicted molar refractivity (Wildman–Crippen MR) is 76.3 cm³/mol. The molecule has 3 rings (SSSR count). The maximum Gasteiger partial charge on any atom is 0.0711 e. The molecule has 0 radical (unpaired) electrons. The number of pyridine rings is 1. The van der Waals surface area contributed by atoms with Crippen LogP contribution >= 0.6 is 0 Å². The van der Waals surface area contributed by atoms with Crippen molar-refractivity contribution in [3.8, 4) is 0 Å². The van der Waals surface area contributed by atoms with Crippen molar-refractivity contribution in [1.29, 1.82) is 0 Å². The van der Waals surface area contributed by atoms with Crippen LogP contribution in [0.25, 0.3) is 21.7 Å². The van der Waals surface area contributed by atoms with Crippen LogP contribution in [0.15, 0.2) is 60.9 Å². The van der Waals surface area contributed by atoms with E-state index in [-0.39, 0.29) is 0 Å². The highest BCUT2D eigenvalue weighted by atomic mass is 14.7. The molecule has 0 saturated heterocycles. The fraction of sp³-hybridized carbons (Fsp3) is 0.0625. The molecule has 2 nitrogen and oxygen atoms in total. The highest BCUT2D eigenvalue weighted by molar-refractivity contribution is 6.07. The van der Waals surface area contributed by atoms with Crippen LogP contribution in [0.3, 0.4) is 0 Å². The third-order valence-electron chi connectivity index (χ3n) is 3.12. The molecular formula is C16H14N2. The molecule has 0 atom stereocenters. The fourth-order valence-corrected chi connectivity index (χ4v) is 2.37. The van der Waals surface area contributed by atoms with E-state index in [4.69, 9.17) is 5.73 Å². The molecule has 0 aliphatic rings. The number of fused-ring (bicyclic) bond motifs is 3. The van der Waals surface area contributed by atoms with Gasteiger partial charge in [0.2, 0.25) is 0 Å². The van der Waals surface area contributed by atoms with Crippen LogP contribution in [-0.2, 0) is 6.42 Å². The van der Waals surface area contributed by atoms with E-state index in [0.29, 0.717) is 12.1 Å². The number of benzene rings is 2. The first-order valence-corrected chi connectivity index (χ1v) is 5.94. The maximum atomic E-state index is 5.74. The van der Waals surface area contributed by atoms with E-state index in [9.17, 15) is 0 Å². The molecule has 0 fully saturated rings. The first kappa shape index (κ1) is 10.8. The summed E-state index contributed by atoms with van der Waals surface area (Å²) in [7, 11) is 0. The number of hydrogen-bond acceptors (Lipinski definition) is 2. The van der Waals surface area contributed by atoms with E-state index in [2.05, 4.69) is 35.8 Å². The van der Waals surface area contributed by atoms with Gasteiger partial charge in [-0.05, 0) is 17.0 Å². The van der Waals surface area contributed by atoms with Crippen LogP contribution in [0.1, 0.15) is 5.56 Å². The van der Waals surface area contributed by atoms with E-state index in [1.54, 1.807) is 0 Å². The van der Waals surface area contributed by atoms with Gasteiger partial charge >= 0.3 is 0 Å². The molecule has 18 heavy (non-hydrogen) atoms. The highest BCUT2D eigenvalue weighted by Crippen LogP contribution is 2.27. The van der Waals surface area contributed by atoms with Gasteiger partial charge in [0.05, 0.1) is 5.52 Å². The van der Waals surface area contributed by atoms with Gasteiger partial charge in [-0.2, -0.15) is 0 Å². The number of hydrogen-bond donors (Lipinski definition) is 1. The summed E-state index contributed by atoms with van der Waals surface area (Å²) >= 11 is 0. The number of nitrogens with two attached hydrogens (primary N) is 1. The zero-order chi connectivity index (χ0) is 12.5. The second kappa shape index (κ2) is 4.15. The van der Waals surface area contributed by atoms with Crippen molar-refractivity contribution in [3.05, 3.63) is 66.5 Å². The minimum atomic E-state index is 0.676. The lowest BCUT2D eigenvalue weighted by Crippen LogP contribution is -2.00. The zero-order valence-corrected chi connectivity index (χ0v) is 10.1. The van der Waals surface area contributed by atoms with Crippen molar-refractivity contribution >= 4 is 21.7 Å². The monoisotopic (exact) mass is 234 g/mol. The molecular weight excluding hydrogens is 220 g/mol. The van der Waals surface area contributed by atoms with Crippen LogP contribution in [0.5, 0.6) is 0 Å². The quantitative estimate of drug-likeness (QED) is 0.690. The van der Waals surface area contributed by atoms with Gasteiger partial charge in [0.1, 0.15) is 0 Å². The molecule has 0 saturated carbocycles. The Hall–Kier alpha value is -2.35. The lowest BCUT2D eigenvalue weighted by atomic mass is 9.99. The third-order valence-corrected chi connectivity index (χ3v) is 3.12. The van der Waals surface area contributed by atoms with Gasteiger partial charge in [-0.25, -0.2) is 0 Å². The average molecular weight is 234 g/mol. The molecule has 0 bridgehead atoms. The Balaban J connectivity index is 2.42. The largest absolute Gasteiger partial charge is 0.402 e. The smallest absolute Gasteiger partial charge is 0.0711 e. The van der Waals surface area contributed by atoms with Gasteiger partial charge in [0.25, 0.3) is 0 Å². The number of aromatic nitrogens is 1. The molecule has 1 aromatic heterocycles. The summed E-state index contributed by atoms with van der Waals surface area (Å²) < 4.78 is 0. The SMILES string of the molecule is C=C(N)Cc1cccc2ncc3ccccc3c12. The highest BCUT2D eigenvalue weighted by Gasteiger charge is 2.06. The first-order chi connectivity index (χ1) is 8.75. The number of rotatable bonds is 2. The maximum absolute atomic E-state index is 5.74. The molecule has 2 heteroatoms. The molecule has 0 amide bonds. The summed E-state index contributed by atoms with van der Waals surface area (Å²) in [6, 6.07) is 14.4. The zero-order valence-electron chi connectivity index (χ0n) is 10.1. The first-order valence-electron chi connectivity index (χ1n) is 5.94. The van der Waals surface area contributed by atoms with E-state index in [1.165, 1.54) is 16.3 Å². The van der Waals surface area contributed by atoms with Gasteiger partial charge in [-0.15, -0.1) is 0 Å².